The fourth-order valence-electron chi connectivity index (χ4n) is 2.51. The lowest BCUT2D eigenvalue weighted by atomic mass is 9.97. The van der Waals surface area contributed by atoms with E-state index in [2.05, 4.69) is 32.6 Å². The van der Waals surface area contributed by atoms with Crippen molar-refractivity contribution < 1.29 is 13.2 Å². The van der Waals surface area contributed by atoms with Gasteiger partial charge in [0.2, 0.25) is 0 Å². The van der Waals surface area contributed by atoms with Crippen molar-refractivity contribution in [3.63, 3.8) is 0 Å². The first-order chi connectivity index (χ1) is 11.4. The second-order valence-electron chi connectivity index (χ2n) is 5.95. The van der Waals surface area contributed by atoms with Crippen LogP contribution in [0.1, 0.15) is 30.5 Å². The number of rotatable bonds is 5. The molecule has 1 aromatic heterocycles. The molecular weight excluding hydrogens is 339 g/mol. The lowest BCUT2D eigenvalue weighted by Gasteiger charge is -2.29. The number of aromatic nitrogens is 1. The molecule has 5 nitrogen and oxygen atoms in total. The number of likely N-dealkylation sites (tertiary alicyclic amines) is 1. The van der Waals surface area contributed by atoms with E-state index in [1.165, 1.54) is 0 Å². The molecule has 2 rings (SSSR count). The van der Waals surface area contributed by atoms with Crippen LogP contribution in [-0.4, -0.2) is 49.1 Å². The number of piperidine rings is 1. The van der Waals surface area contributed by atoms with E-state index in [9.17, 15) is 13.2 Å². The summed E-state index contributed by atoms with van der Waals surface area (Å²) in [6, 6.07) is 0. The molecule has 1 aliphatic heterocycles. The Morgan fingerprint density at radius 3 is 2.67 bits per heavy atom. The van der Waals surface area contributed by atoms with Gasteiger partial charge >= 0.3 is 6.18 Å². The minimum absolute atomic E-state index is 0.142. The molecule has 0 atom stereocenters. The molecule has 1 fully saturated rings. The molecule has 0 unspecified atom stereocenters. The quantitative estimate of drug-likeness (QED) is 0.624. The SMILES string of the molecule is CCNC(=NCc1nc(C(F)(F)F)cs1)NCC1CCN(C)CC1. The Hall–Kier alpha value is -1.35. The molecule has 0 aromatic carbocycles. The van der Waals surface area contributed by atoms with Crippen LogP contribution in [0, 0.1) is 5.92 Å². The van der Waals surface area contributed by atoms with Gasteiger partial charge < -0.3 is 15.5 Å². The number of nitrogens with zero attached hydrogens (tertiary/aromatic N) is 3. The van der Waals surface area contributed by atoms with Gasteiger partial charge in [-0.3, -0.25) is 0 Å². The number of thiazole rings is 1. The van der Waals surface area contributed by atoms with Crippen molar-refractivity contribution in [3.05, 3.63) is 16.1 Å². The Labute approximate surface area is 144 Å². The number of guanidine groups is 1. The Balaban J connectivity index is 1.87. The van der Waals surface area contributed by atoms with Crippen LogP contribution >= 0.6 is 11.3 Å². The number of hydrogen-bond acceptors (Lipinski definition) is 4. The van der Waals surface area contributed by atoms with Crippen LogP contribution in [0.3, 0.4) is 0 Å². The summed E-state index contributed by atoms with van der Waals surface area (Å²) in [5, 5.41) is 7.80. The summed E-state index contributed by atoms with van der Waals surface area (Å²) in [5.41, 5.74) is -0.845. The first-order valence-corrected chi connectivity index (χ1v) is 8.98. The average molecular weight is 363 g/mol. The van der Waals surface area contributed by atoms with E-state index < -0.39 is 11.9 Å². The van der Waals surface area contributed by atoms with Crippen LogP contribution in [0.4, 0.5) is 13.2 Å². The molecule has 1 aliphatic rings. The van der Waals surface area contributed by atoms with E-state index in [1.54, 1.807) is 0 Å². The predicted molar refractivity (Wildman–Crippen MR) is 90.2 cm³/mol. The lowest BCUT2D eigenvalue weighted by molar-refractivity contribution is -0.140. The molecule has 0 saturated carbocycles. The zero-order chi connectivity index (χ0) is 17.6. The van der Waals surface area contributed by atoms with Crippen molar-refractivity contribution in [1.29, 1.82) is 0 Å². The minimum atomic E-state index is -4.39. The Morgan fingerprint density at radius 1 is 1.38 bits per heavy atom. The normalized spacial score (nSPS) is 18.0. The van der Waals surface area contributed by atoms with Crippen molar-refractivity contribution in [2.24, 2.45) is 10.9 Å². The van der Waals surface area contributed by atoms with Crippen LogP contribution in [0.25, 0.3) is 0 Å². The maximum Gasteiger partial charge on any atom is 0.434 e. The van der Waals surface area contributed by atoms with Gasteiger partial charge in [-0.25, -0.2) is 9.98 Å². The van der Waals surface area contributed by atoms with Crippen LogP contribution in [0.2, 0.25) is 0 Å². The predicted octanol–water partition coefficient (Wildman–Crippen LogP) is 2.56. The smallest absolute Gasteiger partial charge is 0.357 e. The highest BCUT2D eigenvalue weighted by molar-refractivity contribution is 7.09. The molecule has 0 radical (unpaired) electrons. The highest BCUT2D eigenvalue weighted by Crippen LogP contribution is 2.30. The van der Waals surface area contributed by atoms with Crippen molar-refractivity contribution in [2.45, 2.75) is 32.5 Å². The average Bonchev–Trinajstić information content (AvgIpc) is 3.01. The summed E-state index contributed by atoms with van der Waals surface area (Å²) < 4.78 is 37.7. The lowest BCUT2D eigenvalue weighted by Crippen LogP contribution is -2.42. The molecule has 2 N–H and O–H groups in total. The molecule has 1 saturated heterocycles. The number of hydrogen-bond donors (Lipinski definition) is 2. The van der Waals surface area contributed by atoms with Gasteiger partial charge in [0, 0.05) is 18.5 Å². The highest BCUT2D eigenvalue weighted by atomic mass is 32.1. The minimum Gasteiger partial charge on any atom is -0.357 e. The van der Waals surface area contributed by atoms with Gasteiger partial charge in [-0.05, 0) is 45.8 Å². The van der Waals surface area contributed by atoms with Gasteiger partial charge in [0.1, 0.15) is 5.01 Å². The monoisotopic (exact) mass is 363 g/mol. The summed E-state index contributed by atoms with van der Waals surface area (Å²) in [6.07, 6.45) is -2.11. The van der Waals surface area contributed by atoms with Crippen molar-refractivity contribution >= 4 is 17.3 Å². The Morgan fingerprint density at radius 2 is 2.08 bits per heavy atom. The molecule has 0 amide bonds. The Bertz CT molecular complexity index is 535. The molecule has 2 heterocycles. The second-order valence-corrected chi connectivity index (χ2v) is 6.89. The van der Waals surface area contributed by atoms with E-state index in [4.69, 9.17) is 0 Å². The Kier molecular flexibility index (Phi) is 6.85. The largest absolute Gasteiger partial charge is 0.434 e. The van der Waals surface area contributed by atoms with Gasteiger partial charge in [0.25, 0.3) is 0 Å². The van der Waals surface area contributed by atoms with Gasteiger partial charge in [-0.2, -0.15) is 13.2 Å². The zero-order valence-corrected chi connectivity index (χ0v) is 14.8. The first kappa shape index (κ1) is 19.0. The fraction of sp³-hybridized carbons (Fsp3) is 0.733. The highest BCUT2D eigenvalue weighted by Gasteiger charge is 2.33. The standard InChI is InChI=1S/C15H24F3N5S/c1-3-19-14(20-8-11-4-6-23(2)7-5-11)21-9-13-22-12(10-24-13)15(16,17)18/h10-11H,3-9H2,1-2H3,(H2,19,20,21). The summed E-state index contributed by atoms with van der Waals surface area (Å²) in [4.78, 5) is 10.3. The molecule has 24 heavy (non-hydrogen) atoms. The third kappa shape index (κ3) is 5.94. The zero-order valence-electron chi connectivity index (χ0n) is 14.0. The first-order valence-electron chi connectivity index (χ1n) is 8.10. The maximum atomic E-state index is 12.6. The summed E-state index contributed by atoms with van der Waals surface area (Å²) in [6.45, 7) is 5.82. The molecule has 0 spiro atoms. The van der Waals surface area contributed by atoms with E-state index in [1.807, 2.05) is 6.92 Å². The van der Waals surface area contributed by atoms with E-state index in [0.29, 0.717) is 23.4 Å². The third-order valence-corrected chi connectivity index (χ3v) is 4.79. The number of nitrogens with one attached hydrogen (secondary N) is 2. The summed E-state index contributed by atoms with van der Waals surface area (Å²) >= 11 is 0.984. The summed E-state index contributed by atoms with van der Waals surface area (Å²) in [7, 11) is 2.12. The molecule has 9 heteroatoms. The van der Waals surface area contributed by atoms with Crippen LogP contribution in [0.15, 0.2) is 10.4 Å². The van der Waals surface area contributed by atoms with Gasteiger partial charge in [0.05, 0.1) is 6.54 Å². The van der Waals surface area contributed by atoms with Crippen LogP contribution in [-0.2, 0) is 12.7 Å². The second kappa shape index (κ2) is 8.66. The summed E-state index contributed by atoms with van der Waals surface area (Å²) in [5.74, 6) is 1.22. The van der Waals surface area contributed by atoms with Gasteiger partial charge in [0.15, 0.2) is 11.7 Å². The van der Waals surface area contributed by atoms with Crippen LogP contribution < -0.4 is 10.6 Å². The maximum absolute atomic E-state index is 12.6. The van der Waals surface area contributed by atoms with Gasteiger partial charge in [-0.15, -0.1) is 11.3 Å². The topological polar surface area (TPSA) is 52.6 Å². The fourth-order valence-corrected chi connectivity index (χ4v) is 3.23. The van der Waals surface area contributed by atoms with Crippen molar-refractivity contribution in [2.75, 3.05) is 33.2 Å². The van der Waals surface area contributed by atoms with E-state index in [0.717, 1.165) is 49.2 Å². The number of aliphatic imine (C=N–C) groups is 1. The van der Waals surface area contributed by atoms with Crippen molar-refractivity contribution in [3.8, 4) is 0 Å². The van der Waals surface area contributed by atoms with Crippen LogP contribution in [0.5, 0.6) is 0 Å². The van der Waals surface area contributed by atoms with E-state index >= 15 is 0 Å². The number of alkyl halides is 3. The molecule has 0 aliphatic carbocycles. The van der Waals surface area contributed by atoms with Gasteiger partial charge in [-0.1, -0.05) is 0 Å². The molecule has 0 bridgehead atoms. The number of halogens is 3. The molecule has 136 valence electrons. The van der Waals surface area contributed by atoms with Crippen molar-refractivity contribution in [1.82, 2.24) is 20.5 Å². The molecule has 1 aromatic rings. The molecular formula is C15H24F3N5S. The van der Waals surface area contributed by atoms with E-state index in [-0.39, 0.29) is 6.54 Å². The third-order valence-electron chi connectivity index (χ3n) is 3.96.